The zero-order chi connectivity index (χ0) is 43.6. The van der Waals surface area contributed by atoms with Gasteiger partial charge >= 0.3 is 5.97 Å². The molecule has 1 heterocycles. The van der Waals surface area contributed by atoms with Crippen LogP contribution in [0, 0.1) is 0 Å². The van der Waals surface area contributed by atoms with Crippen molar-refractivity contribution in [1.82, 2.24) is 0 Å². The third-order valence-corrected chi connectivity index (χ3v) is 10.6. The van der Waals surface area contributed by atoms with Gasteiger partial charge in [-0.15, -0.1) is 0 Å². The van der Waals surface area contributed by atoms with Crippen molar-refractivity contribution in [2.75, 3.05) is 26.4 Å². The van der Waals surface area contributed by atoms with Crippen LogP contribution < -0.4 is 0 Å². The van der Waals surface area contributed by atoms with Crippen molar-refractivity contribution in [3.8, 4) is 0 Å². The minimum absolute atomic E-state index is 0.121. The Balaban J connectivity index is 2.23. The molecule has 60 heavy (non-hydrogen) atoms. The van der Waals surface area contributed by atoms with Crippen molar-refractivity contribution in [1.29, 1.82) is 0 Å². The molecule has 6 atom stereocenters. The average molecular weight is 845 g/mol. The predicted octanol–water partition coefficient (Wildman–Crippen LogP) is 11.3. The van der Waals surface area contributed by atoms with Gasteiger partial charge in [-0.25, -0.2) is 0 Å². The zero-order valence-electron chi connectivity index (χ0n) is 37.9. The molecule has 6 unspecified atom stereocenters. The molecule has 0 aromatic rings. The normalized spacial score (nSPS) is 20.7. The van der Waals surface area contributed by atoms with Crippen molar-refractivity contribution in [3.63, 3.8) is 0 Å². The van der Waals surface area contributed by atoms with Crippen LogP contribution in [0.1, 0.15) is 181 Å². The third kappa shape index (κ3) is 32.4. The van der Waals surface area contributed by atoms with Gasteiger partial charge in [-0.05, 0) is 64.2 Å². The van der Waals surface area contributed by atoms with Gasteiger partial charge < -0.3 is 39.4 Å². The van der Waals surface area contributed by atoms with Crippen LogP contribution in [-0.2, 0) is 23.7 Å². The number of hydrogen-bond acceptors (Lipinski definition) is 9. The van der Waals surface area contributed by atoms with Gasteiger partial charge in [0.2, 0.25) is 0 Å². The summed E-state index contributed by atoms with van der Waals surface area (Å²) in [6.45, 7) is 4.42. The minimum Gasteiger partial charge on any atom is -0.457 e. The molecular weight excluding hydrogens is 757 g/mol. The molecule has 1 rings (SSSR count). The van der Waals surface area contributed by atoms with E-state index in [1.54, 1.807) is 0 Å². The molecule has 1 fully saturated rings. The molecule has 0 amide bonds. The molecule has 1 aliphatic rings. The summed E-state index contributed by atoms with van der Waals surface area (Å²) in [5.41, 5.74) is 0. The van der Waals surface area contributed by atoms with Gasteiger partial charge in [0.15, 0.2) is 6.29 Å². The first kappa shape index (κ1) is 55.6. The smallest absolute Gasteiger partial charge is 0.306 e. The standard InChI is InChI=1S/C51H88O9/c1-3-5-7-9-11-13-15-17-18-19-20-21-22-23-24-25-26-27-28-29-30-32-34-36-38-40-47(53)59-45(44-58-51-50(56)49(55)48(54)46(42-52)60-51)43-57-41-39-37-35-33-31-16-14-12-10-8-6-4-2/h5,7,11,13,17-18,20-21,23-24,26-27,45-46,48-52,54-56H,3-4,6,8-10,12,14-16,19,22,25,28-44H2,1-2H3/b7-5-,13-11-,18-17-,21-20-,24-23-,27-26-. The number of rotatable bonds is 40. The number of carbonyl (C=O) groups excluding carboxylic acids is 1. The Labute approximate surface area is 366 Å². The molecule has 0 aromatic carbocycles. The number of aliphatic hydroxyl groups is 4. The quantitative estimate of drug-likeness (QED) is 0.0270. The Morgan fingerprint density at radius 1 is 0.550 bits per heavy atom. The Bertz CT molecular complexity index is 1140. The van der Waals surface area contributed by atoms with Crippen molar-refractivity contribution in [2.45, 2.75) is 218 Å². The fourth-order valence-corrected chi connectivity index (χ4v) is 6.91. The van der Waals surface area contributed by atoms with Crippen LogP contribution in [0.25, 0.3) is 0 Å². The van der Waals surface area contributed by atoms with Gasteiger partial charge in [0.1, 0.15) is 30.5 Å². The highest BCUT2D eigenvalue weighted by atomic mass is 16.7. The van der Waals surface area contributed by atoms with Crippen LogP contribution in [0.15, 0.2) is 72.9 Å². The number of hydrogen-bond donors (Lipinski definition) is 4. The lowest BCUT2D eigenvalue weighted by atomic mass is 9.99. The lowest BCUT2D eigenvalue weighted by molar-refractivity contribution is -0.305. The molecular formula is C51H88O9. The van der Waals surface area contributed by atoms with Crippen LogP contribution in [0.2, 0.25) is 0 Å². The molecule has 1 aliphatic heterocycles. The van der Waals surface area contributed by atoms with Crippen LogP contribution in [0.5, 0.6) is 0 Å². The van der Waals surface area contributed by atoms with E-state index in [1.807, 2.05) is 0 Å². The summed E-state index contributed by atoms with van der Waals surface area (Å²) in [5, 5.41) is 40.1. The number of unbranched alkanes of at least 4 members (excludes halogenated alkanes) is 17. The first-order valence-corrected chi connectivity index (χ1v) is 24.0. The Hall–Kier alpha value is -2.37. The van der Waals surface area contributed by atoms with Gasteiger partial charge in [-0.3, -0.25) is 4.79 Å². The van der Waals surface area contributed by atoms with E-state index in [4.69, 9.17) is 18.9 Å². The van der Waals surface area contributed by atoms with E-state index < -0.39 is 43.4 Å². The summed E-state index contributed by atoms with van der Waals surface area (Å²) in [6, 6.07) is 0. The van der Waals surface area contributed by atoms with Crippen molar-refractivity contribution in [3.05, 3.63) is 72.9 Å². The van der Waals surface area contributed by atoms with Gasteiger partial charge in [0, 0.05) is 13.0 Å². The number of allylic oxidation sites excluding steroid dienone is 12. The summed E-state index contributed by atoms with van der Waals surface area (Å²) >= 11 is 0. The van der Waals surface area contributed by atoms with Crippen LogP contribution in [0.3, 0.4) is 0 Å². The van der Waals surface area contributed by atoms with Gasteiger partial charge in [-0.2, -0.15) is 0 Å². The maximum atomic E-state index is 12.8. The maximum Gasteiger partial charge on any atom is 0.306 e. The van der Waals surface area contributed by atoms with E-state index in [2.05, 4.69) is 86.8 Å². The maximum absolute atomic E-state index is 12.8. The average Bonchev–Trinajstić information content (AvgIpc) is 3.25. The highest BCUT2D eigenvalue weighted by molar-refractivity contribution is 5.69. The molecule has 0 bridgehead atoms. The summed E-state index contributed by atoms with van der Waals surface area (Å²) < 4.78 is 22.8. The second-order valence-corrected chi connectivity index (χ2v) is 16.2. The van der Waals surface area contributed by atoms with Crippen LogP contribution >= 0.6 is 0 Å². The monoisotopic (exact) mass is 845 g/mol. The third-order valence-electron chi connectivity index (χ3n) is 10.6. The van der Waals surface area contributed by atoms with Gasteiger partial charge in [-0.1, -0.05) is 183 Å². The summed E-state index contributed by atoms with van der Waals surface area (Å²) in [5.74, 6) is -0.330. The van der Waals surface area contributed by atoms with E-state index in [0.29, 0.717) is 13.0 Å². The lowest BCUT2D eigenvalue weighted by Gasteiger charge is -2.39. The number of carbonyl (C=O) groups is 1. The molecule has 4 N–H and O–H groups in total. The van der Waals surface area contributed by atoms with Crippen LogP contribution in [-0.4, -0.2) is 89.6 Å². The van der Waals surface area contributed by atoms with E-state index in [9.17, 15) is 25.2 Å². The summed E-state index contributed by atoms with van der Waals surface area (Å²) in [7, 11) is 0. The molecule has 0 radical (unpaired) electrons. The number of esters is 1. The summed E-state index contributed by atoms with van der Waals surface area (Å²) in [6.07, 6.45) is 47.8. The largest absolute Gasteiger partial charge is 0.457 e. The van der Waals surface area contributed by atoms with Crippen molar-refractivity contribution >= 4 is 5.97 Å². The molecule has 346 valence electrons. The van der Waals surface area contributed by atoms with E-state index in [-0.39, 0.29) is 19.2 Å². The highest BCUT2D eigenvalue weighted by Crippen LogP contribution is 2.22. The van der Waals surface area contributed by atoms with Crippen molar-refractivity contribution in [2.24, 2.45) is 0 Å². The second-order valence-electron chi connectivity index (χ2n) is 16.2. The van der Waals surface area contributed by atoms with E-state index in [0.717, 1.165) is 83.5 Å². The topological polar surface area (TPSA) is 135 Å². The molecule has 0 spiro atoms. The molecule has 9 nitrogen and oxygen atoms in total. The highest BCUT2D eigenvalue weighted by Gasteiger charge is 2.44. The molecule has 9 heteroatoms. The Morgan fingerprint density at radius 2 is 1.02 bits per heavy atom. The van der Waals surface area contributed by atoms with E-state index in [1.165, 1.54) is 77.0 Å². The second kappa shape index (κ2) is 42.0. The molecule has 1 saturated heterocycles. The van der Waals surface area contributed by atoms with E-state index >= 15 is 0 Å². The number of aliphatic hydroxyl groups excluding tert-OH is 4. The van der Waals surface area contributed by atoms with Gasteiger partial charge in [0.05, 0.1) is 19.8 Å². The molecule has 0 aliphatic carbocycles. The lowest BCUT2D eigenvalue weighted by Crippen LogP contribution is -2.59. The fourth-order valence-electron chi connectivity index (χ4n) is 6.91. The minimum atomic E-state index is -1.54. The van der Waals surface area contributed by atoms with Crippen molar-refractivity contribution < 1.29 is 44.2 Å². The SMILES string of the molecule is CC/C=C\C/C=C\C/C=C\C/C=C\C/C=C\C/C=C\CCCCCCCCC(=O)OC(COCCCCCCCCCCCCCC)COC1OC(CO)C(O)C(O)C1O. The zero-order valence-corrected chi connectivity index (χ0v) is 37.9. The fraction of sp³-hybridized carbons (Fsp3) is 0.745. The van der Waals surface area contributed by atoms with Crippen LogP contribution in [0.4, 0.5) is 0 Å². The Morgan fingerprint density at radius 3 is 1.53 bits per heavy atom. The first-order valence-electron chi connectivity index (χ1n) is 24.0. The number of ether oxygens (including phenoxy) is 4. The Kier molecular flexibility index (Phi) is 38.9. The molecule has 0 aromatic heterocycles. The molecule has 0 saturated carbocycles. The summed E-state index contributed by atoms with van der Waals surface area (Å²) in [4.78, 5) is 12.8. The first-order chi connectivity index (χ1) is 29.4. The predicted molar refractivity (Wildman–Crippen MR) is 247 cm³/mol. The van der Waals surface area contributed by atoms with Gasteiger partial charge in [0.25, 0.3) is 0 Å².